The zero-order valence-corrected chi connectivity index (χ0v) is 11.1. The Balaban J connectivity index is 2.40. The van der Waals surface area contributed by atoms with Crippen LogP contribution >= 0.6 is 27.5 Å². The molecule has 1 aliphatic rings. The van der Waals surface area contributed by atoms with Gasteiger partial charge in [0.15, 0.2) is 5.82 Å². The predicted octanol–water partition coefficient (Wildman–Crippen LogP) is 3.86. The van der Waals surface area contributed by atoms with Crippen molar-refractivity contribution in [3.8, 4) is 0 Å². The summed E-state index contributed by atoms with van der Waals surface area (Å²) in [5.41, 5.74) is 2.05. The van der Waals surface area contributed by atoms with E-state index >= 15 is 0 Å². The molecule has 0 fully saturated rings. The molecular formula is C12H8BrClFNO. The average molecular weight is 317 g/mol. The fourth-order valence-corrected chi connectivity index (χ4v) is 2.77. The van der Waals surface area contributed by atoms with Crippen LogP contribution in [0.5, 0.6) is 0 Å². The molecule has 1 aromatic carbocycles. The van der Waals surface area contributed by atoms with Gasteiger partial charge in [-0.1, -0.05) is 27.5 Å². The number of halogens is 3. The third-order valence-corrected chi connectivity index (χ3v) is 3.74. The van der Waals surface area contributed by atoms with Gasteiger partial charge in [-0.15, -0.1) is 0 Å². The van der Waals surface area contributed by atoms with E-state index in [2.05, 4.69) is 20.9 Å². The van der Waals surface area contributed by atoms with Crippen LogP contribution in [-0.4, -0.2) is 11.6 Å². The van der Waals surface area contributed by atoms with Gasteiger partial charge in [0.2, 0.25) is 0 Å². The second kappa shape index (κ2) is 4.19. The highest BCUT2D eigenvalue weighted by molar-refractivity contribution is 9.10. The molecule has 1 aliphatic heterocycles. The summed E-state index contributed by atoms with van der Waals surface area (Å²) in [6.07, 6.45) is 0.681. The lowest BCUT2D eigenvalue weighted by molar-refractivity contribution is 0.109. The van der Waals surface area contributed by atoms with Gasteiger partial charge in [-0.3, -0.25) is 0 Å². The number of ether oxygens (including phenoxy) is 1. The molecule has 0 saturated carbocycles. The molecule has 17 heavy (non-hydrogen) atoms. The van der Waals surface area contributed by atoms with Crippen LogP contribution in [-0.2, 0) is 17.8 Å². The van der Waals surface area contributed by atoms with Crippen LogP contribution in [0.4, 0.5) is 4.39 Å². The Hall–Kier alpha value is -0.710. The highest BCUT2D eigenvalue weighted by Gasteiger charge is 2.19. The SMILES string of the molecule is Fc1cc(Br)cc2c(Cl)c3c(nc12)CCOC3. The summed E-state index contributed by atoms with van der Waals surface area (Å²) in [6, 6.07) is 3.18. The molecular weight excluding hydrogens is 308 g/mol. The quantitative estimate of drug-likeness (QED) is 0.736. The van der Waals surface area contributed by atoms with Crippen molar-refractivity contribution in [2.45, 2.75) is 13.0 Å². The number of pyridine rings is 1. The molecule has 0 N–H and O–H groups in total. The van der Waals surface area contributed by atoms with E-state index < -0.39 is 0 Å². The van der Waals surface area contributed by atoms with Gasteiger partial charge in [0.05, 0.1) is 23.9 Å². The summed E-state index contributed by atoms with van der Waals surface area (Å²) >= 11 is 9.55. The minimum absolute atomic E-state index is 0.332. The number of fused-ring (bicyclic) bond motifs is 2. The monoisotopic (exact) mass is 315 g/mol. The van der Waals surface area contributed by atoms with Crippen LogP contribution in [0.3, 0.4) is 0 Å². The normalized spacial score (nSPS) is 15.0. The van der Waals surface area contributed by atoms with E-state index in [1.165, 1.54) is 6.07 Å². The second-order valence-electron chi connectivity index (χ2n) is 3.94. The summed E-state index contributed by atoms with van der Waals surface area (Å²) in [5, 5.41) is 1.17. The number of benzene rings is 1. The highest BCUT2D eigenvalue weighted by Crippen LogP contribution is 2.33. The minimum Gasteiger partial charge on any atom is -0.376 e. The fraction of sp³-hybridized carbons (Fsp3) is 0.250. The summed E-state index contributed by atoms with van der Waals surface area (Å²) < 4.78 is 19.8. The van der Waals surface area contributed by atoms with E-state index in [4.69, 9.17) is 16.3 Å². The number of hydrogen-bond acceptors (Lipinski definition) is 2. The number of aromatic nitrogens is 1. The molecule has 2 aromatic rings. The van der Waals surface area contributed by atoms with Crippen molar-refractivity contribution in [2.75, 3.05) is 6.61 Å². The Morgan fingerprint density at radius 1 is 1.41 bits per heavy atom. The van der Waals surface area contributed by atoms with E-state index in [0.717, 1.165) is 11.3 Å². The van der Waals surface area contributed by atoms with Crippen LogP contribution in [0.25, 0.3) is 10.9 Å². The third-order valence-electron chi connectivity index (χ3n) is 2.85. The summed E-state index contributed by atoms with van der Waals surface area (Å²) in [4.78, 5) is 4.36. The zero-order valence-electron chi connectivity index (χ0n) is 8.77. The molecule has 2 heterocycles. The molecule has 0 radical (unpaired) electrons. The summed E-state index contributed by atoms with van der Waals surface area (Å²) in [5.74, 6) is -0.356. The van der Waals surface area contributed by atoms with Crippen molar-refractivity contribution >= 4 is 38.4 Å². The molecule has 0 bridgehead atoms. The van der Waals surface area contributed by atoms with Gasteiger partial charge in [0, 0.05) is 21.8 Å². The van der Waals surface area contributed by atoms with Gasteiger partial charge >= 0.3 is 0 Å². The Kier molecular flexibility index (Phi) is 2.81. The van der Waals surface area contributed by atoms with Gasteiger partial charge in [-0.2, -0.15) is 0 Å². The van der Waals surface area contributed by atoms with Gasteiger partial charge in [0.1, 0.15) is 5.52 Å². The number of rotatable bonds is 0. The molecule has 0 atom stereocenters. The Morgan fingerprint density at radius 2 is 2.24 bits per heavy atom. The molecule has 0 aliphatic carbocycles. The van der Waals surface area contributed by atoms with Crippen LogP contribution in [0.2, 0.25) is 5.02 Å². The van der Waals surface area contributed by atoms with E-state index in [9.17, 15) is 4.39 Å². The van der Waals surface area contributed by atoms with E-state index in [-0.39, 0.29) is 5.82 Å². The third kappa shape index (κ3) is 1.84. The smallest absolute Gasteiger partial charge is 0.150 e. The maximum Gasteiger partial charge on any atom is 0.150 e. The first-order valence-electron chi connectivity index (χ1n) is 5.20. The number of hydrogen-bond donors (Lipinski definition) is 0. The maximum absolute atomic E-state index is 13.8. The molecule has 0 unspecified atom stereocenters. The second-order valence-corrected chi connectivity index (χ2v) is 5.23. The first kappa shape index (κ1) is 11.4. The van der Waals surface area contributed by atoms with Crippen molar-refractivity contribution in [1.82, 2.24) is 4.98 Å². The van der Waals surface area contributed by atoms with E-state index in [1.807, 2.05) is 0 Å². The Labute approximate surface area is 111 Å². The van der Waals surface area contributed by atoms with Crippen LogP contribution < -0.4 is 0 Å². The summed E-state index contributed by atoms with van der Waals surface area (Å²) in [7, 11) is 0. The molecule has 88 valence electrons. The maximum atomic E-state index is 13.8. The molecule has 2 nitrogen and oxygen atoms in total. The molecule has 0 amide bonds. The summed E-state index contributed by atoms with van der Waals surface area (Å²) in [6.45, 7) is 1.06. The lowest BCUT2D eigenvalue weighted by Gasteiger charge is -2.18. The van der Waals surface area contributed by atoms with Crippen molar-refractivity contribution in [3.63, 3.8) is 0 Å². The average Bonchev–Trinajstić information content (AvgIpc) is 2.31. The molecule has 3 rings (SSSR count). The molecule has 0 spiro atoms. The standard InChI is InChI=1S/C12H8BrClFNO/c13-6-3-7-11(14)8-5-17-2-1-10(8)16-12(7)9(15)4-6/h3-4H,1-2,5H2. The van der Waals surface area contributed by atoms with Crippen molar-refractivity contribution in [3.05, 3.63) is 38.7 Å². The zero-order chi connectivity index (χ0) is 12.0. The van der Waals surface area contributed by atoms with Crippen LogP contribution in [0, 0.1) is 5.82 Å². The topological polar surface area (TPSA) is 22.1 Å². The van der Waals surface area contributed by atoms with Crippen molar-refractivity contribution in [2.24, 2.45) is 0 Å². The molecule has 1 aromatic heterocycles. The molecule has 5 heteroatoms. The van der Waals surface area contributed by atoms with Crippen LogP contribution in [0.1, 0.15) is 11.3 Å². The van der Waals surface area contributed by atoms with Crippen molar-refractivity contribution < 1.29 is 9.13 Å². The molecule has 0 saturated heterocycles. The lowest BCUT2D eigenvalue weighted by Crippen LogP contribution is -2.13. The van der Waals surface area contributed by atoms with Crippen molar-refractivity contribution in [1.29, 1.82) is 0 Å². The lowest BCUT2D eigenvalue weighted by atomic mass is 10.1. The first-order chi connectivity index (χ1) is 8.16. The first-order valence-corrected chi connectivity index (χ1v) is 6.37. The van der Waals surface area contributed by atoms with E-state index in [0.29, 0.717) is 40.0 Å². The van der Waals surface area contributed by atoms with Gasteiger partial charge in [0.25, 0.3) is 0 Å². The number of nitrogens with zero attached hydrogens (tertiary/aromatic N) is 1. The van der Waals surface area contributed by atoms with E-state index in [1.54, 1.807) is 6.07 Å². The van der Waals surface area contributed by atoms with Gasteiger partial charge in [-0.05, 0) is 12.1 Å². The largest absolute Gasteiger partial charge is 0.376 e. The Morgan fingerprint density at radius 3 is 3.06 bits per heavy atom. The highest BCUT2D eigenvalue weighted by atomic mass is 79.9. The minimum atomic E-state index is -0.356. The fourth-order valence-electron chi connectivity index (χ4n) is 2.04. The van der Waals surface area contributed by atoms with Gasteiger partial charge in [-0.25, -0.2) is 9.37 Å². The predicted molar refractivity (Wildman–Crippen MR) is 67.8 cm³/mol. The Bertz CT molecular complexity index is 617. The van der Waals surface area contributed by atoms with Crippen LogP contribution in [0.15, 0.2) is 16.6 Å². The van der Waals surface area contributed by atoms with Gasteiger partial charge < -0.3 is 4.74 Å².